The number of hydrogen-bond acceptors (Lipinski definition) is 2. The minimum atomic E-state index is -4.60. The van der Waals surface area contributed by atoms with Crippen LogP contribution in [0.5, 0.6) is 0 Å². The summed E-state index contributed by atoms with van der Waals surface area (Å²) in [5.41, 5.74) is -1.62. The maximum Gasteiger partial charge on any atom is 0.431 e. The molecule has 1 aromatic rings. The molecule has 0 atom stereocenters. The van der Waals surface area contributed by atoms with Gasteiger partial charge in [0.2, 0.25) is 0 Å². The van der Waals surface area contributed by atoms with E-state index in [0.29, 0.717) is 6.08 Å². The molecule has 0 spiro atoms. The van der Waals surface area contributed by atoms with Crippen molar-refractivity contribution < 1.29 is 18.0 Å². The quantitative estimate of drug-likeness (QED) is 0.836. The lowest BCUT2D eigenvalue weighted by Gasteiger charge is -2.18. The van der Waals surface area contributed by atoms with E-state index in [1.807, 2.05) is 0 Å². The van der Waals surface area contributed by atoms with E-state index >= 15 is 0 Å². The molecular weight excluding hydrogens is 255 g/mol. The molecule has 0 saturated carbocycles. The summed E-state index contributed by atoms with van der Waals surface area (Å²) in [6.45, 7) is 4.72. The summed E-state index contributed by atoms with van der Waals surface area (Å²) >= 11 is 0. The number of para-hydroxylation sites is 1. The van der Waals surface area contributed by atoms with Crippen molar-refractivity contribution in [1.82, 2.24) is 0 Å². The van der Waals surface area contributed by atoms with Crippen LogP contribution in [0.25, 0.3) is 0 Å². The molecule has 0 aromatic heterocycles. The fraction of sp³-hybridized carbons (Fsp3) is 0.357. The van der Waals surface area contributed by atoms with Gasteiger partial charge >= 0.3 is 6.18 Å². The number of benzene rings is 1. The van der Waals surface area contributed by atoms with E-state index in [2.05, 4.69) is 5.32 Å². The van der Waals surface area contributed by atoms with Crippen molar-refractivity contribution in [1.29, 1.82) is 0 Å². The fourth-order valence-corrected chi connectivity index (χ4v) is 1.21. The molecule has 0 bridgehead atoms. The second kappa shape index (κ2) is 5.47. The van der Waals surface area contributed by atoms with E-state index < -0.39 is 23.1 Å². The van der Waals surface area contributed by atoms with Gasteiger partial charge in [0.1, 0.15) is 5.70 Å². The predicted octanol–water partition coefficient (Wildman–Crippen LogP) is 4.16. The van der Waals surface area contributed by atoms with Gasteiger partial charge in [-0.25, -0.2) is 0 Å². The number of halogens is 3. The minimum Gasteiger partial charge on any atom is -0.351 e. The van der Waals surface area contributed by atoms with Crippen LogP contribution >= 0.6 is 0 Å². The van der Waals surface area contributed by atoms with E-state index in [0.717, 1.165) is 0 Å². The van der Waals surface area contributed by atoms with Gasteiger partial charge in [0.05, 0.1) is 0 Å². The molecule has 0 amide bonds. The molecule has 0 heterocycles. The van der Waals surface area contributed by atoms with Gasteiger partial charge in [-0.1, -0.05) is 39.0 Å². The van der Waals surface area contributed by atoms with Crippen molar-refractivity contribution in [2.24, 2.45) is 5.41 Å². The molecule has 0 aliphatic rings. The zero-order valence-corrected chi connectivity index (χ0v) is 11.0. The molecular formula is C14H16F3NO. The summed E-state index contributed by atoms with van der Waals surface area (Å²) in [7, 11) is 0. The Kier molecular flexibility index (Phi) is 4.39. The van der Waals surface area contributed by atoms with E-state index in [1.165, 1.54) is 12.1 Å². The van der Waals surface area contributed by atoms with Gasteiger partial charge in [0.25, 0.3) is 0 Å². The molecule has 1 aromatic carbocycles. The minimum absolute atomic E-state index is 0.285. The van der Waals surface area contributed by atoms with E-state index in [4.69, 9.17) is 0 Å². The highest BCUT2D eigenvalue weighted by Crippen LogP contribution is 2.28. The van der Waals surface area contributed by atoms with Crippen LogP contribution in [0, 0.1) is 5.41 Å². The van der Waals surface area contributed by atoms with E-state index in [9.17, 15) is 18.0 Å². The Balaban J connectivity index is 3.04. The summed E-state index contributed by atoms with van der Waals surface area (Å²) in [6, 6.07) is 7.93. The Hall–Kier alpha value is -1.78. The number of allylic oxidation sites excluding steroid dienone is 2. The molecule has 0 aliphatic carbocycles. The van der Waals surface area contributed by atoms with Crippen LogP contribution in [0.4, 0.5) is 18.9 Å². The Morgan fingerprint density at radius 2 is 1.63 bits per heavy atom. The van der Waals surface area contributed by atoms with Gasteiger partial charge in [-0.15, -0.1) is 0 Å². The van der Waals surface area contributed by atoms with E-state index in [-0.39, 0.29) is 5.69 Å². The summed E-state index contributed by atoms with van der Waals surface area (Å²) in [5.74, 6) is -0.580. The highest BCUT2D eigenvalue weighted by Gasteiger charge is 2.35. The number of rotatable bonds is 3. The monoisotopic (exact) mass is 271 g/mol. The highest BCUT2D eigenvalue weighted by molar-refractivity contribution is 5.95. The van der Waals surface area contributed by atoms with Crippen LogP contribution in [0.1, 0.15) is 20.8 Å². The first-order chi connectivity index (χ1) is 8.60. The van der Waals surface area contributed by atoms with Crippen molar-refractivity contribution in [2.45, 2.75) is 26.9 Å². The standard InChI is InChI=1S/C14H16F3NO/c1-13(2,3)12(19)9-11(14(15,16)17)18-10-7-5-4-6-8-10/h4-9,18H,1-3H3. The summed E-state index contributed by atoms with van der Waals surface area (Å²) < 4.78 is 38.6. The molecule has 0 radical (unpaired) electrons. The second-order valence-electron chi connectivity index (χ2n) is 5.16. The van der Waals surface area contributed by atoms with Gasteiger partial charge < -0.3 is 5.32 Å². The topological polar surface area (TPSA) is 29.1 Å². The summed E-state index contributed by atoms with van der Waals surface area (Å²) in [6.07, 6.45) is -3.98. The molecule has 0 saturated heterocycles. The number of carbonyl (C=O) groups is 1. The smallest absolute Gasteiger partial charge is 0.351 e. The Bertz CT molecular complexity index is 470. The third-order valence-electron chi connectivity index (χ3n) is 2.37. The second-order valence-corrected chi connectivity index (χ2v) is 5.16. The first-order valence-electron chi connectivity index (χ1n) is 5.76. The van der Waals surface area contributed by atoms with Crippen LogP contribution in [0.3, 0.4) is 0 Å². The summed E-state index contributed by atoms with van der Waals surface area (Å²) in [5, 5.41) is 2.24. The van der Waals surface area contributed by atoms with Crippen LogP contribution < -0.4 is 5.32 Å². The lowest BCUT2D eigenvalue weighted by molar-refractivity contribution is -0.122. The van der Waals surface area contributed by atoms with Crippen molar-refractivity contribution in [3.05, 3.63) is 42.1 Å². The van der Waals surface area contributed by atoms with Gasteiger partial charge in [-0.2, -0.15) is 13.2 Å². The first-order valence-corrected chi connectivity index (χ1v) is 5.76. The summed E-state index contributed by atoms with van der Waals surface area (Å²) in [4.78, 5) is 11.7. The maximum atomic E-state index is 12.9. The van der Waals surface area contributed by atoms with Gasteiger partial charge in [-0.05, 0) is 12.1 Å². The van der Waals surface area contributed by atoms with Gasteiger partial charge in [0.15, 0.2) is 5.78 Å². The Morgan fingerprint density at radius 1 is 1.11 bits per heavy atom. The molecule has 1 rings (SSSR count). The van der Waals surface area contributed by atoms with Gasteiger partial charge in [-0.3, -0.25) is 4.79 Å². The normalized spacial score (nSPS) is 13.3. The maximum absolute atomic E-state index is 12.9. The number of nitrogens with one attached hydrogen (secondary N) is 1. The highest BCUT2D eigenvalue weighted by atomic mass is 19.4. The lowest BCUT2D eigenvalue weighted by Crippen LogP contribution is -2.24. The van der Waals surface area contributed by atoms with Crippen LogP contribution in [-0.4, -0.2) is 12.0 Å². The Labute approximate surface area is 110 Å². The number of ketones is 1. The zero-order chi connectivity index (χ0) is 14.7. The molecule has 19 heavy (non-hydrogen) atoms. The molecule has 5 heteroatoms. The molecule has 104 valence electrons. The van der Waals surface area contributed by atoms with Crippen LogP contribution in [-0.2, 0) is 4.79 Å². The van der Waals surface area contributed by atoms with Crippen LogP contribution in [0.2, 0.25) is 0 Å². The number of hydrogen-bond donors (Lipinski definition) is 1. The molecule has 0 aliphatic heterocycles. The SMILES string of the molecule is CC(C)(C)C(=O)C=C(Nc1ccccc1)C(F)(F)F. The zero-order valence-electron chi connectivity index (χ0n) is 11.0. The average molecular weight is 271 g/mol. The third-order valence-corrected chi connectivity index (χ3v) is 2.37. The molecule has 0 fully saturated rings. The van der Waals surface area contributed by atoms with Crippen LogP contribution in [0.15, 0.2) is 42.1 Å². The predicted molar refractivity (Wildman–Crippen MR) is 68.7 cm³/mol. The Morgan fingerprint density at radius 3 is 2.05 bits per heavy atom. The fourth-order valence-electron chi connectivity index (χ4n) is 1.21. The lowest BCUT2D eigenvalue weighted by atomic mass is 9.90. The molecule has 1 N–H and O–H groups in total. The van der Waals surface area contributed by atoms with Crippen molar-refractivity contribution in [3.8, 4) is 0 Å². The number of alkyl halides is 3. The largest absolute Gasteiger partial charge is 0.431 e. The number of carbonyl (C=O) groups excluding carboxylic acids is 1. The van der Waals surface area contributed by atoms with Crippen molar-refractivity contribution in [3.63, 3.8) is 0 Å². The molecule has 2 nitrogen and oxygen atoms in total. The van der Waals surface area contributed by atoms with Crippen molar-refractivity contribution in [2.75, 3.05) is 5.32 Å². The van der Waals surface area contributed by atoms with Gasteiger partial charge in [0, 0.05) is 17.2 Å². The number of anilines is 1. The van der Waals surface area contributed by atoms with E-state index in [1.54, 1.807) is 39.0 Å². The third kappa shape index (κ3) is 4.77. The molecule has 0 unspecified atom stereocenters. The first kappa shape index (κ1) is 15.3. The van der Waals surface area contributed by atoms with Crippen molar-refractivity contribution >= 4 is 11.5 Å². The average Bonchev–Trinajstić information content (AvgIpc) is 2.27.